The molecule has 4 heteroatoms. The summed E-state index contributed by atoms with van der Waals surface area (Å²) in [6.45, 7) is 0.322. The molecule has 2 N–H and O–H groups in total. The van der Waals surface area contributed by atoms with Gasteiger partial charge in [-0.05, 0) is 35.4 Å². The first-order valence-corrected chi connectivity index (χ1v) is 7.45. The topological polar surface area (TPSA) is 44.9 Å². The molecule has 0 fully saturated rings. The third-order valence-corrected chi connectivity index (χ3v) is 3.56. The molecular weight excluding hydrogens is 291 g/mol. The number of hydrogen-bond donors (Lipinski definition) is 2. The van der Waals surface area contributed by atoms with E-state index in [-0.39, 0.29) is 18.1 Å². The van der Waals surface area contributed by atoms with E-state index >= 15 is 0 Å². The molecule has 1 heterocycles. The van der Waals surface area contributed by atoms with E-state index in [1.807, 2.05) is 42.5 Å². The van der Waals surface area contributed by atoms with Crippen molar-refractivity contribution in [3.05, 3.63) is 83.8 Å². The second kappa shape index (κ2) is 6.92. The van der Waals surface area contributed by atoms with E-state index in [2.05, 4.69) is 10.3 Å². The van der Waals surface area contributed by atoms with Gasteiger partial charge in [0.2, 0.25) is 5.91 Å². The number of H-pyrrole nitrogens is 1. The number of rotatable bonds is 5. The van der Waals surface area contributed by atoms with Crippen molar-refractivity contribution in [2.24, 2.45) is 0 Å². The Balaban J connectivity index is 1.57. The molecule has 3 nitrogen and oxygen atoms in total. The number of halogens is 1. The van der Waals surface area contributed by atoms with Crippen molar-refractivity contribution >= 4 is 5.91 Å². The number of benzene rings is 2. The van der Waals surface area contributed by atoms with Crippen LogP contribution in [0, 0.1) is 5.82 Å². The molecule has 1 amide bonds. The third-order valence-electron chi connectivity index (χ3n) is 3.56. The van der Waals surface area contributed by atoms with Crippen LogP contribution in [-0.2, 0) is 17.8 Å². The fourth-order valence-corrected chi connectivity index (χ4v) is 2.41. The molecule has 0 unspecified atom stereocenters. The highest BCUT2D eigenvalue weighted by molar-refractivity contribution is 5.78. The third kappa shape index (κ3) is 4.07. The van der Waals surface area contributed by atoms with Gasteiger partial charge in [-0.2, -0.15) is 0 Å². The van der Waals surface area contributed by atoms with Crippen LogP contribution in [0.4, 0.5) is 4.39 Å². The maximum atomic E-state index is 13.1. The van der Waals surface area contributed by atoms with E-state index in [1.54, 1.807) is 12.1 Å². The molecule has 0 aliphatic rings. The molecule has 3 rings (SSSR count). The van der Waals surface area contributed by atoms with E-state index in [1.165, 1.54) is 12.1 Å². The number of carbonyl (C=O) groups is 1. The number of amides is 1. The summed E-state index contributed by atoms with van der Waals surface area (Å²) in [5.41, 5.74) is 3.66. The summed E-state index contributed by atoms with van der Waals surface area (Å²) >= 11 is 0. The van der Waals surface area contributed by atoms with Gasteiger partial charge in [0.15, 0.2) is 0 Å². The van der Waals surface area contributed by atoms with Crippen molar-refractivity contribution in [2.45, 2.75) is 13.0 Å². The van der Waals surface area contributed by atoms with Gasteiger partial charge in [0.25, 0.3) is 0 Å². The Morgan fingerprint density at radius 3 is 2.61 bits per heavy atom. The van der Waals surface area contributed by atoms with Crippen molar-refractivity contribution in [1.82, 2.24) is 10.3 Å². The first-order valence-electron chi connectivity index (χ1n) is 7.45. The number of aromatic nitrogens is 1. The molecule has 0 atom stereocenters. The lowest BCUT2D eigenvalue weighted by Gasteiger charge is -2.05. The van der Waals surface area contributed by atoms with Crippen LogP contribution >= 0.6 is 0 Å². The Bertz CT molecular complexity index is 796. The molecule has 1 aromatic heterocycles. The fraction of sp³-hybridized carbons (Fsp3) is 0.105. The summed E-state index contributed by atoms with van der Waals surface area (Å²) in [7, 11) is 0. The predicted octanol–water partition coefficient (Wildman–Crippen LogP) is 3.68. The molecule has 3 aromatic rings. The summed E-state index contributed by atoms with van der Waals surface area (Å²) in [5, 5.41) is 2.80. The zero-order valence-electron chi connectivity index (χ0n) is 12.6. The van der Waals surface area contributed by atoms with Crippen molar-refractivity contribution in [3.8, 4) is 11.3 Å². The highest BCUT2D eigenvalue weighted by Crippen LogP contribution is 2.18. The van der Waals surface area contributed by atoms with Gasteiger partial charge in [0.05, 0.1) is 6.42 Å². The van der Waals surface area contributed by atoms with Gasteiger partial charge in [0, 0.05) is 17.9 Å². The van der Waals surface area contributed by atoms with Crippen LogP contribution in [0.3, 0.4) is 0 Å². The molecule has 0 radical (unpaired) electrons. The summed E-state index contributed by atoms with van der Waals surface area (Å²) < 4.78 is 13.1. The minimum absolute atomic E-state index is 0.101. The zero-order valence-corrected chi connectivity index (χ0v) is 12.6. The van der Waals surface area contributed by atoms with Crippen LogP contribution in [0.1, 0.15) is 11.3 Å². The van der Waals surface area contributed by atoms with Gasteiger partial charge in [-0.15, -0.1) is 0 Å². The molecule has 0 bridgehead atoms. The Hall–Kier alpha value is -2.88. The number of aromatic amines is 1. The lowest BCUT2D eigenvalue weighted by atomic mass is 10.2. The first kappa shape index (κ1) is 15.0. The summed E-state index contributed by atoms with van der Waals surface area (Å²) in [4.78, 5) is 15.2. The normalized spacial score (nSPS) is 10.5. The monoisotopic (exact) mass is 308 g/mol. The Labute approximate surface area is 134 Å². The molecular formula is C19H17FN2O. The lowest BCUT2D eigenvalue weighted by Crippen LogP contribution is -2.24. The standard InChI is InChI=1S/C19H17FN2O/c20-16-8-4-5-14(11-16)13-21-19(23)12-17-9-10-18(22-17)15-6-2-1-3-7-15/h1-11,22H,12-13H2,(H,21,23). The molecule has 0 saturated carbocycles. The maximum Gasteiger partial charge on any atom is 0.226 e. The quantitative estimate of drug-likeness (QED) is 0.742. The van der Waals surface area contributed by atoms with Crippen LogP contribution in [0.25, 0.3) is 11.3 Å². The van der Waals surface area contributed by atoms with E-state index in [4.69, 9.17) is 0 Å². The van der Waals surface area contributed by atoms with Crippen molar-refractivity contribution in [2.75, 3.05) is 0 Å². The van der Waals surface area contributed by atoms with Crippen molar-refractivity contribution in [3.63, 3.8) is 0 Å². The van der Waals surface area contributed by atoms with Crippen molar-refractivity contribution < 1.29 is 9.18 Å². The largest absolute Gasteiger partial charge is 0.358 e. The van der Waals surface area contributed by atoms with E-state index < -0.39 is 0 Å². The van der Waals surface area contributed by atoms with Crippen LogP contribution in [0.15, 0.2) is 66.7 Å². The van der Waals surface area contributed by atoms with Gasteiger partial charge >= 0.3 is 0 Å². The van der Waals surface area contributed by atoms with E-state index in [9.17, 15) is 9.18 Å². The molecule has 0 spiro atoms. The maximum absolute atomic E-state index is 13.1. The highest BCUT2D eigenvalue weighted by atomic mass is 19.1. The number of carbonyl (C=O) groups excluding carboxylic acids is 1. The van der Waals surface area contributed by atoms with Crippen LogP contribution in [-0.4, -0.2) is 10.9 Å². The van der Waals surface area contributed by atoms with Crippen LogP contribution in [0.2, 0.25) is 0 Å². The average Bonchev–Trinajstić information content (AvgIpc) is 3.02. The fourth-order valence-electron chi connectivity index (χ4n) is 2.41. The lowest BCUT2D eigenvalue weighted by molar-refractivity contribution is -0.120. The molecule has 116 valence electrons. The summed E-state index contributed by atoms with van der Waals surface area (Å²) in [6.07, 6.45) is 0.266. The Kier molecular flexibility index (Phi) is 4.52. The predicted molar refractivity (Wildman–Crippen MR) is 88.2 cm³/mol. The second-order valence-corrected chi connectivity index (χ2v) is 5.35. The van der Waals surface area contributed by atoms with Gasteiger partial charge in [-0.1, -0.05) is 42.5 Å². The Morgan fingerprint density at radius 2 is 1.83 bits per heavy atom. The smallest absolute Gasteiger partial charge is 0.226 e. The van der Waals surface area contributed by atoms with E-state index in [0.29, 0.717) is 6.54 Å². The van der Waals surface area contributed by atoms with E-state index in [0.717, 1.165) is 22.5 Å². The van der Waals surface area contributed by atoms with Crippen LogP contribution in [0.5, 0.6) is 0 Å². The number of nitrogens with one attached hydrogen (secondary N) is 2. The molecule has 0 saturated heterocycles. The summed E-state index contributed by atoms with van der Waals surface area (Å²) in [6, 6.07) is 20.0. The molecule has 2 aromatic carbocycles. The molecule has 23 heavy (non-hydrogen) atoms. The first-order chi connectivity index (χ1) is 11.2. The second-order valence-electron chi connectivity index (χ2n) is 5.35. The summed E-state index contributed by atoms with van der Waals surface area (Å²) in [5.74, 6) is -0.399. The minimum Gasteiger partial charge on any atom is -0.358 e. The minimum atomic E-state index is -0.298. The van der Waals surface area contributed by atoms with Gasteiger partial charge in [0.1, 0.15) is 5.82 Å². The Morgan fingerprint density at radius 1 is 1.00 bits per heavy atom. The van der Waals surface area contributed by atoms with Crippen molar-refractivity contribution in [1.29, 1.82) is 0 Å². The zero-order chi connectivity index (χ0) is 16.1. The van der Waals surface area contributed by atoms with Gasteiger partial charge in [-0.3, -0.25) is 4.79 Å². The van der Waals surface area contributed by atoms with Crippen LogP contribution < -0.4 is 5.32 Å². The van der Waals surface area contributed by atoms with Gasteiger partial charge in [-0.25, -0.2) is 4.39 Å². The van der Waals surface area contributed by atoms with Gasteiger partial charge < -0.3 is 10.3 Å². The average molecular weight is 308 g/mol. The SMILES string of the molecule is O=C(Cc1ccc(-c2ccccc2)[nH]1)NCc1cccc(F)c1. The molecule has 0 aliphatic carbocycles. The highest BCUT2D eigenvalue weighted by Gasteiger charge is 2.07. The molecule has 0 aliphatic heterocycles. The number of hydrogen-bond acceptors (Lipinski definition) is 1.